The number of aryl methyl sites for hydroxylation is 1. The topological polar surface area (TPSA) is 46.9 Å². The van der Waals surface area contributed by atoms with Gasteiger partial charge in [-0.2, -0.15) is 5.10 Å². The minimum atomic E-state index is -0.0900. The Bertz CT molecular complexity index is 1100. The highest BCUT2D eigenvalue weighted by atomic mass is 16.1. The zero-order chi connectivity index (χ0) is 20.2. The van der Waals surface area contributed by atoms with Crippen LogP contribution in [0.15, 0.2) is 91.0 Å². The fourth-order valence-corrected chi connectivity index (χ4v) is 3.37. The van der Waals surface area contributed by atoms with E-state index in [1.807, 2.05) is 91.3 Å². The van der Waals surface area contributed by atoms with Gasteiger partial charge in [0, 0.05) is 11.1 Å². The van der Waals surface area contributed by atoms with Crippen LogP contribution in [0, 0.1) is 6.92 Å². The maximum absolute atomic E-state index is 12.6. The quantitative estimate of drug-likeness (QED) is 0.507. The van der Waals surface area contributed by atoms with Gasteiger partial charge in [0.1, 0.15) is 0 Å². The Kier molecular flexibility index (Phi) is 5.25. The lowest BCUT2D eigenvalue weighted by atomic mass is 10.1. The Morgan fingerprint density at radius 3 is 2.17 bits per heavy atom. The molecule has 0 spiro atoms. The maximum Gasteiger partial charge on any atom is 0.251 e. The van der Waals surface area contributed by atoms with E-state index in [-0.39, 0.29) is 11.9 Å². The largest absolute Gasteiger partial charge is 0.346 e. The summed E-state index contributed by atoms with van der Waals surface area (Å²) in [5, 5.41) is 7.69. The van der Waals surface area contributed by atoms with Gasteiger partial charge < -0.3 is 5.32 Å². The lowest BCUT2D eigenvalue weighted by Gasteiger charge is -2.14. The molecule has 4 heteroatoms. The summed E-state index contributed by atoms with van der Waals surface area (Å²) in [6, 6.07) is 29.7. The fraction of sp³-hybridized carbons (Fsp3) is 0.120. The van der Waals surface area contributed by atoms with Crippen LogP contribution < -0.4 is 5.32 Å². The van der Waals surface area contributed by atoms with Crippen molar-refractivity contribution < 1.29 is 4.79 Å². The first-order chi connectivity index (χ1) is 14.1. The second-order valence-corrected chi connectivity index (χ2v) is 7.10. The van der Waals surface area contributed by atoms with Crippen molar-refractivity contribution in [1.82, 2.24) is 15.1 Å². The third-order valence-electron chi connectivity index (χ3n) is 4.92. The molecule has 0 aliphatic carbocycles. The normalized spacial score (nSPS) is 11.8. The average Bonchev–Trinajstić information content (AvgIpc) is 3.16. The van der Waals surface area contributed by atoms with Crippen LogP contribution in [0.25, 0.3) is 16.9 Å². The van der Waals surface area contributed by atoms with Gasteiger partial charge in [-0.3, -0.25) is 4.79 Å². The molecule has 1 aromatic heterocycles. The zero-order valence-electron chi connectivity index (χ0n) is 16.5. The first-order valence-electron chi connectivity index (χ1n) is 9.70. The van der Waals surface area contributed by atoms with Gasteiger partial charge in [-0.05, 0) is 49.7 Å². The molecule has 4 nitrogen and oxygen atoms in total. The smallest absolute Gasteiger partial charge is 0.251 e. The fourth-order valence-electron chi connectivity index (χ4n) is 3.37. The highest BCUT2D eigenvalue weighted by Crippen LogP contribution is 2.24. The predicted octanol–water partition coefficient (Wildman–Crippen LogP) is 5.34. The second-order valence-electron chi connectivity index (χ2n) is 7.10. The van der Waals surface area contributed by atoms with E-state index < -0.39 is 0 Å². The molecule has 3 aromatic carbocycles. The van der Waals surface area contributed by atoms with Crippen LogP contribution in [-0.4, -0.2) is 15.7 Å². The Morgan fingerprint density at radius 1 is 0.897 bits per heavy atom. The van der Waals surface area contributed by atoms with E-state index in [2.05, 4.69) is 28.6 Å². The molecule has 0 aliphatic rings. The highest BCUT2D eigenvalue weighted by molar-refractivity contribution is 5.94. The van der Waals surface area contributed by atoms with Crippen LogP contribution >= 0.6 is 0 Å². The summed E-state index contributed by atoms with van der Waals surface area (Å²) in [6.45, 7) is 3.97. The summed E-state index contributed by atoms with van der Waals surface area (Å²) in [5.74, 6) is -0.0900. The van der Waals surface area contributed by atoms with Gasteiger partial charge in [0.2, 0.25) is 0 Å². The lowest BCUT2D eigenvalue weighted by Crippen LogP contribution is -2.26. The molecule has 0 aliphatic heterocycles. The van der Waals surface area contributed by atoms with E-state index in [1.165, 1.54) is 0 Å². The first-order valence-corrected chi connectivity index (χ1v) is 9.70. The molecule has 1 N–H and O–H groups in total. The Hall–Kier alpha value is -3.66. The van der Waals surface area contributed by atoms with Crippen molar-refractivity contribution in [2.45, 2.75) is 19.9 Å². The number of aromatic nitrogens is 2. The molecule has 29 heavy (non-hydrogen) atoms. The molecule has 0 bridgehead atoms. The van der Waals surface area contributed by atoms with E-state index in [9.17, 15) is 4.79 Å². The molecule has 0 saturated heterocycles. The molecule has 1 heterocycles. The van der Waals surface area contributed by atoms with Crippen molar-refractivity contribution in [3.8, 4) is 16.9 Å². The van der Waals surface area contributed by atoms with Crippen molar-refractivity contribution in [3.63, 3.8) is 0 Å². The minimum Gasteiger partial charge on any atom is -0.346 e. The number of benzene rings is 3. The maximum atomic E-state index is 12.6. The summed E-state index contributed by atoms with van der Waals surface area (Å²) >= 11 is 0. The summed E-state index contributed by atoms with van der Waals surface area (Å²) in [5.41, 5.74) is 5.70. The van der Waals surface area contributed by atoms with Crippen molar-refractivity contribution in [2.24, 2.45) is 0 Å². The zero-order valence-corrected chi connectivity index (χ0v) is 16.5. The first kappa shape index (κ1) is 18.7. The summed E-state index contributed by atoms with van der Waals surface area (Å²) in [4.78, 5) is 12.6. The van der Waals surface area contributed by atoms with E-state index in [4.69, 9.17) is 0 Å². The molecular formula is C25H23N3O. The van der Waals surface area contributed by atoms with Crippen LogP contribution in [0.5, 0.6) is 0 Å². The molecular weight excluding hydrogens is 358 g/mol. The summed E-state index contributed by atoms with van der Waals surface area (Å²) in [7, 11) is 0. The number of rotatable bonds is 5. The Balaban J connectivity index is 1.55. The van der Waals surface area contributed by atoms with Crippen LogP contribution in [0.1, 0.15) is 34.6 Å². The van der Waals surface area contributed by atoms with Crippen molar-refractivity contribution >= 4 is 5.91 Å². The molecule has 0 saturated carbocycles. The predicted molar refractivity (Wildman–Crippen MR) is 116 cm³/mol. The van der Waals surface area contributed by atoms with Gasteiger partial charge in [-0.25, -0.2) is 4.68 Å². The van der Waals surface area contributed by atoms with Crippen LogP contribution in [0.4, 0.5) is 0 Å². The summed E-state index contributed by atoms with van der Waals surface area (Å²) < 4.78 is 1.92. The molecule has 0 radical (unpaired) electrons. The standard InChI is InChI=1S/C25H23N3O/c1-18-17-24(21-11-7-4-8-12-21)28(27-18)23-15-13-22(14-16-23)25(29)26-19(2)20-9-5-3-6-10-20/h3-17,19H,1-2H3,(H,26,29). The molecule has 1 atom stereocenters. The number of carbonyl (C=O) groups is 1. The van der Waals surface area contributed by atoms with Gasteiger partial charge in [-0.1, -0.05) is 60.7 Å². The molecule has 0 fully saturated rings. The lowest BCUT2D eigenvalue weighted by molar-refractivity contribution is 0.0940. The monoisotopic (exact) mass is 381 g/mol. The van der Waals surface area contributed by atoms with E-state index in [0.717, 1.165) is 28.2 Å². The van der Waals surface area contributed by atoms with Crippen LogP contribution in [-0.2, 0) is 0 Å². The van der Waals surface area contributed by atoms with E-state index >= 15 is 0 Å². The van der Waals surface area contributed by atoms with Gasteiger partial charge in [-0.15, -0.1) is 0 Å². The van der Waals surface area contributed by atoms with E-state index in [1.54, 1.807) is 0 Å². The van der Waals surface area contributed by atoms with Gasteiger partial charge in [0.25, 0.3) is 5.91 Å². The van der Waals surface area contributed by atoms with Crippen molar-refractivity contribution in [3.05, 3.63) is 108 Å². The molecule has 4 rings (SSSR count). The number of hydrogen-bond donors (Lipinski definition) is 1. The second kappa shape index (κ2) is 8.15. The molecule has 4 aromatic rings. The van der Waals surface area contributed by atoms with Crippen molar-refractivity contribution in [1.29, 1.82) is 0 Å². The Labute approximate surface area is 170 Å². The average molecular weight is 381 g/mol. The van der Waals surface area contributed by atoms with Crippen LogP contribution in [0.2, 0.25) is 0 Å². The van der Waals surface area contributed by atoms with Gasteiger partial charge in [0.05, 0.1) is 23.1 Å². The van der Waals surface area contributed by atoms with Gasteiger partial charge >= 0.3 is 0 Å². The molecule has 1 unspecified atom stereocenters. The minimum absolute atomic E-state index is 0.0539. The third kappa shape index (κ3) is 4.11. The van der Waals surface area contributed by atoms with E-state index in [0.29, 0.717) is 5.56 Å². The number of nitrogens with one attached hydrogen (secondary N) is 1. The Morgan fingerprint density at radius 2 is 1.52 bits per heavy atom. The summed E-state index contributed by atoms with van der Waals surface area (Å²) in [6.07, 6.45) is 0. The number of amides is 1. The number of carbonyl (C=O) groups excluding carboxylic acids is 1. The SMILES string of the molecule is Cc1cc(-c2ccccc2)n(-c2ccc(C(=O)NC(C)c3ccccc3)cc2)n1. The molecule has 1 amide bonds. The number of nitrogens with zero attached hydrogens (tertiary/aromatic N) is 2. The molecule has 144 valence electrons. The van der Waals surface area contributed by atoms with Crippen LogP contribution in [0.3, 0.4) is 0 Å². The third-order valence-corrected chi connectivity index (χ3v) is 4.92. The van der Waals surface area contributed by atoms with Gasteiger partial charge in [0.15, 0.2) is 0 Å². The highest BCUT2D eigenvalue weighted by Gasteiger charge is 2.13. The van der Waals surface area contributed by atoms with Crippen molar-refractivity contribution in [2.75, 3.05) is 0 Å². The number of hydrogen-bond acceptors (Lipinski definition) is 2.